The zero-order chi connectivity index (χ0) is 17.0. The number of sulfonamides is 1. The molecule has 1 amide bonds. The van der Waals surface area contributed by atoms with Crippen molar-refractivity contribution >= 4 is 21.6 Å². The highest BCUT2D eigenvalue weighted by molar-refractivity contribution is 7.88. The first-order valence-electron chi connectivity index (χ1n) is 7.46. The van der Waals surface area contributed by atoms with Gasteiger partial charge in [0, 0.05) is 26.2 Å². The van der Waals surface area contributed by atoms with E-state index in [0.29, 0.717) is 37.6 Å². The Bertz CT molecular complexity index is 654. The molecular formula is C15H23N3O4S. The summed E-state index contributed by atoms with van der Waals surface area (Å²) in [5.41, 5.74) is 0.627. The minimum absolute atomic E-state index is 0.137. The maximum absolute atomic E-state index is 12.4. The van der Waals surface area contributed by atoms with Crippen molar-refractivity contribution in [2.45, 2.75) is 13.0 Å². The number of amides is 1. The van der Waals surface area contributed by atoms with Crippen LogP contribution in [0.15, 0.2) is 24.3 Å². The molecule has 1 aromatic rings. The van der Waals surface area contributed by atoms with Crippen LogP contribution in [0.5, 0.6) is 5.75 Å². The molecule has 7 nitrogen and oxygen atoms in total. The van der Waals surface area contributed by atoms with Crippen LogP contribution >= 0.6 is 0 Å². The van der Waals surface area contributed by atoms with Crippen molar-refractivity contribution in [2.75, 3.05) is 44.9 Å². The fraction of sp³-hybridized carbons (Fsp3) is 0.533. The molecule has 128 valence electrons. The largest absolute Gasteiger partial charge is 0.495 e. The minimum atomic E-state index is -3.16. The summed E-state index contributed by atoms with van der Waals surface area (Å²) in [6.07, 6.45) is 1.21. The molecule has 0 aliphatic carbocycles. The molecule has 1 fully saturated rings. The zero-order valence-electron chi connectivity index (χ0n) is 13.7. The van der Waals surface area contributed by atoms with E-state index < -0.39 is 10.0 Å². The molecule has 1 aliphatic heterocycles. The van der Waals surface area contributed by atoms with Gasteiger partial charge in [-0.2, -0.15) is 4.31 Å². The second-order valence-corrected chi connectivity index (χ2v) is 7.55. The monoisotopic (exact) mass is 341 g/mol. The number of benzene rings is 1. The second kappa shape index (κ2) is 7.29. The Kier molecular flexibility index (Phi) is 5.61. The van der Waals surface area contributed by atoms with E-state index in [1.165, 1.54) is 10.6 Å². The van der Waals surface area contributed by atoms with Crippen LogP contribution in [0.25, 0.3) is 0 Å². The summed E-state index contributed by atoms with van der Waals surface area (Å²) in [6, 6.07) is 6.88. The molecule has 1 N–H and O–H groups in total. The second-order valence-electron chi connectivity index (χ2n) is 5.56. The van der Waals surface area contributed by atoms with Gasteiger partial charge in [-0.25, -0.2) is 8.42 Å². The van der Waals surface area contributed by atoms with Gasteiger partial charge in [0.1, 0.15) is 5.75 Å². The molecule has 23 heavy (non-hydrogen) atoms. The maximum atomic E-state index is 12.4. The standard InChI is InChI=1S/C15H23N3O4S/c1-12(17-8-10-18(11-9-17)23(3,20)21)15(19)16-13-6-4-5-7-14(13)22-2/h4-7,12H,8-11H2,1-3H3,(H,16,19)/t12-/m1/s1. The lowest BCUT2D eigenvalue weighted by atomic mass is 10.2. The van der Waals surface area contributed by atoms with E-state index in [2.05, 4.69) is 5.32 Å². The van der Waals surface area contributed by atoms with Gasteiger partial charge < -0.3 is 10.1 Å². The summed E-state index contributed by atoms with van der Waals surface area (Å²) in [5, 5.41) is 2.86. The predicted molar refractivity (Wildman–Crippen MR) is 89.1 cm³/mol. The first-order valence-corrected chi connectivity index (χ1v) is 9.31. The number of nitrogens with zero attached hydrogens (tertiary/aromatic N) is 2. The number of hydrogen-bond acceptors (Lipinski definition) is 5. The predicted octanol–water partition coefficient (Wildman–Crippen LogP) is 0.599. The topological polar surface area (TPSA) is 79.0 Å². The maximum Gasteiger partial charge on any atom is 0.241 e. The van der Waals surface area contributed by atoms with Crippen molar-refractivity contribution in [1.82, 2.24) is 9.21 Å². The van der Waals surface area contributed by atoms with Gasteiger partial charge in [0.15, 0.2) is 0 Å². The number of para-hydroxylation sites is 2. The number of piperazine rings is 1. The number of anilines is 1. The molecule has 0 saturated carbocycles. The molecular weight excluding hydrogens is 318 g/mol. The average molecular weight is 341 g/mol. The molecule has 1 aromatic carbocycles. The van der Waals surface area contributed by atoms with Crippen LogP contribution in [0.1, 0.15) is 6.92 Å². The van der Waals surface area contributed by atoms with Crippen molar-refractivity contribution in [3.63, 3.8) is 0 Å². The Hall–Kier alpha value is -1.64. The Morgan fingerprint density at radius 1 is 1.22 bits per heavy atom. The lowest BCUT2D eigenvalue weighted by Gasteiger charge is -2.36. The van der Waals surface area contributed by atoms with Crippen molar-refractivity contribution < 1.29 is 17.9 Å². The minimum Gasteiger partial charge on any atom is -0.495 e. The van der Waals surface area contributed by atoms with Gasteiger partial charge in [-0.1, -0.05) is 12.1 Å². The summed E-state index contributed by atoms with van der Waals surface area (Å²) in [7, 11) is -1.61. The molecule has 0 radical (unpaired) electrons. The smallest absolute Gasteiger partial charge is 0.241 e. The molecule has 0 spiro atoms. The summed E-state index contributed by atoms with van der Waals surface area (Å²) in [4.78, 5) is 14.4. The Labute approximate surface area is 137 Å². The van der Waals surface area contributed by atoms with E-state index in [-0.39, 0.29) is 11.9 Å². The molecule has 0 unspecified atom stereocenters. The van der Waals surface area contributed by atoms with E-state index in [9.17, 15) is 13.2 Å². The Morgan fingerprint density at radius 3 is 2.39 bits per heavy atom. The van der Waals surface area contributed by atoms with Crippen LogP contribution in [-0.2, 0) is 14.8 Å². The number of carbonyl (C=O) groups excluding carboxylic acids is 1. The fourth-order valence-corrected chi connectivity index (χ4v) is 3.40. The summed E-state index contributed by atoms with van der Waals surface area (Å²) >= 11 is 0. The number of hydrogen-bond donors (Lipinski definition) is 1. The number of nitrogens with one attached hydrogen (secondary N) is 1. The van der Waals surface area contributed by atoms with E-state index in [4.69, 9.17) is 4.74 Å². The Morgan fingerprint density at radius 2 is 1.83 bits per heavy atom. The average Bonchev–Trinajstić information content (AvgIpc) is 2.54. The van der Waals surface area contributed by atoms with Gasteiger partial charge in [-0.3, -0.25) is 9.69 Å². The number of rotatable bonds is 5. The highest BCUT2D eigenvalue weighted by Crippen LogP contribution is 2.23. The third-order valence-electron chi connectivity index (χ3n) is 4.03. The van der Waals surface area contributed by atoms with E-state index in [1.54, 1.807) is 19.2 Å². The van der Waals surface area contributed by atoms with Crippen LogP contribution < -0.4 is 10.1 Å². The van der Waals surface area contributed by atoms with Crippen molar-refractivity contribution in [1.29, 1.82) is 0 Å². The SMILES string of the molecule is COc1ccccc1NC(=O)[C@@H](C)N1CCN(S(C)(=O)=O)CC1. The quantitative estimate of drug-likeness (QED) is 0.848. The lowest BCUT2D eigenvalue weighted by Crippen LogP contribution is -2.53. The van der Waals surface area contributed by atoms with Crippen LogP contribution in [0.4, 0.5) is 5.69 Å². The van der Waals surface area contributed by atoms with E-state index in [1.807, 2.05) is 24.0 Å². The fourth-order valence-electron chi connectivity index (χ4n) is 2.57. The van der Waals surface area contributed by atoms with Gasteiger partial charge in [0.05, 0.1) is 25.1 Å². The van der Waals surface area contributed by atoms with Crippen LogP contribution in [0.3, 0.4) is 0 Å². The third-order valence-corrected chi connectivity index (χ3v) is 5.34. The van der Waals surface area contributed by atoms with Gasteiger partial charge in [0.2, 0.25) is 15.9 Å². The molecule has 0 aromatic heterocycles. The molecule has 1 aliphatic rings. The summed E-state index contributed by atoms with van der Waals surface area (Å²) < 4.78 is 29.7. The number of ether oxygens (including phenoxy) is 1. The van der Waals surface area contributed by atoms with Crippen LogP contribution in [-0.4, -0.2) is 69.1 Å². The zero-order valence-corrected chi connectivity index (χ0v) is 14.5. The molecule has 0 bridgehead atoms. The van der Waals surface area contributed by atoms with Gasteiger partial charge in [0.25, 0.3) is 0 Å². The summed E-state index contributed by atoms with van der Waals surface area (Å²) in [6.45, 7) is 3.71. The van der Waals surface area contributed by atoms with Crippen molar-refractivity contribution in [3.8, 4) is 5.75 Å². The van der Waals surface area contributed by atoms with Crippen molar-refractivity contribution in [3.05, 3.63) is 24.3 Å². The number of methoxy groups -OCH3 is 1. The van der Waals surface area contributed by atoms with Gasteiger partial charge in [-0.05, 0) is 19.1 Å². The van der Waals surface area contributed by atoms with Gasteiger partial charge in [-0.15, -0.1) is 0 Å². The van der Waals surface area contributed by atoms with Crippen LogP contribution in [0, 0.1) is 0 Å². The van der Waals surface area contributed by atoms with Crippen LogP contribution in [0.2, 0.25) is 0 Å². The van der Waals surface area contributed by atoms with Crippen molar-refractivity contribution in [2.24, 2.45) is 0 Å². The van der Waals surface area contributed by atoms with E-state index in [0.717, 1.165) is 0 Å². The lowest BCUT2D eigenvalue weighted by molar-refractivity contribution is -0.121. The Balaban J connectivity index is 1.96. The number of carbonyl (C=O) groups is 1. The van der Waals surface area contributed by atoms with E-state index >= 15 is 0 Å². The molecule has 1 saturated heterocycles. The summed E-state index contributed by atoms with van der Waals surface area (Å²) in [5.74, 6) is 0.470. The normalized spacial score (nSPS) is 18.4. The molecule has 8 heteroatoms. The van der Waals surface area contributed by atoms with Gasteiger partial charge >= 0.3 is 0 Å². The molecule has 2 rings (SSSR count). The highest BCUT2D eigenvalue weighted by atomic mass is 32.2. The highest BCUT2D eigenvalue weighted by Gasteiger charge is 2.29. The first-order chi connectivity index (χ1) is 10.8. The third kappa shape index (κ3) is 4.43. The molecule has 1 atom stereocenters. The first kappa shape index (κ1) is 17.7. The molecule has 1 heterocycles.